The second-order valence-electron chi connectivity index (χ2n) is 6.78. The van der Waals surface area contributed by atoms with Gasteiger partial charge in [0.05, 0.1) is 18.1 Å². The smallest absolute Gasteiger partial charge is 0.196 e. The molecule has 0 aliphatic heterocycles. The van der Waals surface area contributed by atoms with Crippen molar-refractivity contribution >= 4 is 12.1 Å². The fourth-order valence-electron chi connectivity index (χ4n) is 2.96. The number of methoxy groups -OCH3 is 1. The molecule has 2 aromatic rings. The molecular weight excluding hydrogens is 340 g/mol. The zero-order valence-corrected chi connectivity index (χ0v) is 16.4. The molecule has 0 N–H and O–H groups in total. The Balaban J connectivity index is 2.31. The van der Waals surface area contributed by atoms with Crippen molar-refractivity contribution in [2.24, 2.45) is 5.41 Å². The van der Waals surface area contributed by atoms with Crippen molar-refractivity contribution in [3.63, 3.8) is 0 Å². The van der Waals surface area contributed by atoms with E-state index in [2.05, 4.69) is 6.92 Å². The van der Waals surface area contributed by atoms with Crippen LogP contribution in [0.3, 0.4) is 0 Å². The van der Waals surface area contributed by atoms with Crippen molar-refractivity contribution in [1.82, 2.24) is 0 Å². The van der Waals surface area contributed by atoms with Gasteiger partial charge in [0, 0.05) is 11.6 Å². The molecule has 0 spiro atoms. The van der Waals surface area contributed by atoms with Crippen LogP contribution in [0.1, 0.15) is 55.5 Å². The van der Waals surface area contributed by atoms with E-state index in [9.17, 15) is 9.59 Å². The number of carbonyl (C=O) groups excluding carboxylic acids is 2. The van der Waals surface area contributed by atoms with Crippen LogP contribution in [0.25, 0.3) is 0 Å². The molecule has 27 heavy (non-hydrogen) atoms. The second kappa shape index (κ2) is 9.91. The molecule has 0 saturated carbocycles. The summed E-state index contributed by atoms with van der Waals surface area (Å²) >= 11 is 0. The molecule has 0 aromatic heterocycles. The number of benzene rings is 2. The molecule has 2 aromatic carbocycles. The molecule has 0 amide bonds. The van der Waals surface area contributed by atoms with E-state index in [-0.39, 0.29) is 12.4 Å². The summed E-state index contributed by atoms with van der Waals surface area (Å²) in [7, 11) is 1.57. The summed E-state index contributed by atoms with van der Waals surface area (Å²) in [6.07, 6.45) is 4.45. The van der Waals surface area contributed by atoms with Crippen LogP contribution in [0.15, 0.2) is 48.5 Å². The minimum atomic E-state index is -0.536. The largest absolute Gasteiger partial charge is 0.497 e. The number of rotatable bonds is 11. The number of hydrogen-bond acceptors (Lipinski definition) is 4. The van der Waals surface area contributed by atoms with E-state index in [0.29, 0.717) is 29.0 Å². The predicted molar refractivity (Wildman–Crippen MR) is 107 cm³/mol. The molecule has 4 nitrogen and oxygen atoms in total. The van der Waals surface area contributed by atoms with Crippen LogP contribution in [-0.4, -0.2) is 25.8 Å². The summed E-state index contributed by atoms with van der Waals surface area (Å²) in [6, 6.07) is 14.2. The summed E-state index contributed by atoms with van der Waals surface area (Å²) in [6.45, 7) is 4.34. The van der Waals surface area contributed by atoms with E-state index in [1.165, 1.54) is 0 Å². The fraction of sp³-hybridized carbons (Fsp3) is 0.391. The van der Waals surface area contributed by atoms with Crippen molar-refractivity contribution in [3.05, 3.63) is 59.7 Å². The molecule has 2 rings (SSSR count). The van der Waals surface area contributed by atoms with Crippen LogP contribution in [-0.2, 0) is 4.79 Å². The number of aldehydes is 1. The molecule has 0 heterocycles. The lowest BCUT2D eigenvalue weighted by atomic mass is 9.82. The molecule has 0 saturated heterocycles. The lowest BCUT2D eigenvalue weighted by molar-refractivity contribution is -0.118. The van der Waals surface area contributed by atoms with E-state index in [4.69, 9.17) is 9.47 Å². The first kappa shape index (κ1) is 20.7. The molecule has 1 unspecified atom stereocenters. The summed E-state index contributed by atoms with van der Waals surface area (Å²) < 4.78 is 11.3. The summed E-state index contributed by atoms with van der Waals surface area (Å²) in [4.78, 5) is 24.7. The lowest BCUT2D eigenvalue weighted by Gasteiger charge is -2.27. The first-order valence-electron chi connectivity index (χ1n) is 9.46. The molecule has 0 fully saturated rings. The summed E-state index contributed by atoms with van der Waals surface area (Å²) in [5.74, 6) is 0.936. The summed E-state index contributed by atoms with van der Waals surface area (Å²) in [5.41, 5.74) is 0.524. The van der Waals surface area contributed by atoms with Crippen molar-refractivity contribution < 1.29 is 19.1 Å². The average Bonchev–Trinajstić information content (AvgIpc) is 2.74. The first-order valence-corrected chi connectivity index (χ1v) is 9.46. The van der Waals surface area contributed by atoms with Gasteiger partial charge < -0.3 is 14.3 Å². The third kappa shape index (κ3) is 5.19. The highest BCUT2D eigenvalue weighted by Crippen LogP contribution is 2.31. The van der Waals surface area contributed by atoms with Gasteiger partial charge in [-0.2, -0.15) is 0 Å². The van der Waals surface area contributed by atoms with Gasteiger partial charge in [-0.25, -0.2) is 0 Å². The molecule has 0 aliphatic rings. The van der Waals surface area contributed by atoms with Gasteiger partial charge in [0.15, 0.2) is 5.78 Å². The number of ketones is 1. The molecule has 4 heteroatoms. The maximum Gasteiger partial charge on any atom is 0.196 e. The van der Waals surface area contributed by atoms with Crippen LogP contribution < -0.4 is 9.47 Å². The quantitative estimate of drug-likeness (QED) is 0.409. The van der Waals surface area contributed by atoms with Gasteiger partial charge in [0.2, 0.25) is 0 Å². The summed E-state index contributed by atoms with van der Waals surface area (Å²) in [5, 5.41) is 0. The SMILES string of the molecule is CCCCC(C=O)(CC)COc1cc(OC)ccc1C(=O)c1ccccc1. The standard InChI is InChI=1S/C23H28O4/c1-4-6-14-23(5-2,16-24)17-27-21-15-19(26-3)12-13-20(21)22(25)18-10-8-7-9-11-18/h7-13,15-16H,4-6,14,17H2,1-3H3. The van der Waals surface area contributed by atoms with Crippen molar-refractivity contribution in [2.75, 3.05) is 13.7 Å². The van der Waals surface area contributed by atoms with Gasteiger partial charge in [-0.1, -0.05) is 57.0 Å². The highest BCUT2D eigenvalue weighted by Gasteiger charge is 2.29. The fourth-order valence-corrected chi connectivity index (χ4v) is 2.96. The molecule has 1 atom stereocenters. The van der Waals surface area contributed by atoms with Gasteiger partial charge in [-0.05, 0) is 25.0 Å². The number of ether oxygens (including phenoxy) is 2. The number of carbonyl (C=O) groups is 2. The molecule has 0 radical (unpaired) electrons. The first-order chi connectivity index (χ1) is 13.1. The Labute approximate surface area is 161 Å². The average molecular weight is 368 g/mol. The number of hydrogen-bond donors (Lipinski definition) is 0. The minimum Gasteiger partial charge on any atom is -0.497 e. The van der Waals surface area contributed by atoms with E-state index in [0.717, 1.165) is 25.5 Å². The lowest BCUT2D eigenvalue weighted by Crippen LogP contribution is -2.30. The monoisotopic (exact) mass is 368 g/mol. The highest BCUT2D eigenvalue weighted by molar-refractivity contribution is 6.10. The van der Waals surface area contributed by atoms with Gasteiger partial charge in [0.25, 0.3) is 0 Å². The topological polar surface area (TPSA) is 52.6 Å². The van der Waals surface area contributed by atoms with Crippen LogP contribution in [0.4, 0.5) is 0 Å². The van der Waals surface area contributed by atoms with Crippen molar-refractivity contribution in [2.45, 2.75) is 39.5 Å². The van der Waals surface area contributed by atoms with E-state index in [1.54, 1.807) is 37.4 Å². The minimum absolute atomic E-state index is 0.116. The molecule has 144 valence electrons. The Hall–Kier alpha value is -2.62. The maximum absolute atomic E-state index is 12.9. The van der Waals surface area contributed by atoms with Crippen molar-refractivity contribution in [1.29, 1.82) is 0 Å². The van der Waals surface area contributed by atoms with Crippen LogP contribution in [0, 0.1) is 5.41 Å². The van der Waals surface area contributed by atoms with Crippen LogP contribution >= 0.6 is 0 Å². The van der Waals surface area contributed by atoms with E-state index < -0.39 is 5.41 Å². The Morgan fingerprint density at radius 2 is 1.85 bits per heavy atom. The third-order valence-corrected chi connectivity index (χ3v) is 4.97. The Morgan fingerprint density at radius 1 is 1.11 bits per heavy atom. The second-order valence-corrected chi connectivity index (χ2v) is 6.78. The van der Waals surface area contributed by atoms with Gasteiger partial charge in [0.1, 0.15) is 24.4 Å². The molecular formula is C23H28O4. The Bertz CT molecular complexity index is 754. The predicted octanol–water partition coefficient (Wildman–Crippen LogP) is 5.09. The number of unbranched alkanes of at least 4 members (excludes halogenated alkanes) is 1. The Kier molecular flexibility index (Phi) is 7.59. The van der Waals surface area contributed by atoms with E-state index >= 15 is 0 Å². The van der Waals surface area contributed by atoms with Crippen molar-refractivity contribution in [3.8, 4) is 11.5 Å². The van der Waals surface area contributed by atoms with Crippen LogP contribution in [0.2, 0.25) is 0 Å². The Morgan fingerprint density at radius 3 is 2.44 bits per heavy atom. The van der Waals surface area contributed by atoms with Gasteiger partial charge in [-0.15, -0.1) is 0 Å². The zero-order valence-electron chi connectivity index (χ0n) is 16.4. The van der Waals surface area contributed by atoms with Gasteiger partial charge in [-0.3, -0.25) is 4.79 Å². The molecule has 0 aliphatic carbocycles. The molecule has 0 bridgehead atoms. The van der Waals surface area contributed by atoms with Crippen LogP contribution in [0.5, 0.6) is 11.5 Å². The maximum atomic E-state index is 12.9. The zero-order chi connectivity index (χ0) is 19.7. The third-order valence-electron chi connectivity index (χ3n) is 4.97. The highest BCUT2D eigenvalue weighted by atomic mass is 16.5. The normalized spacial score (nSPS) is 12.9. The van der Waals surface area contributed by atoms with Gasteiger partial charge >= 0.3 is 0 Å². The van der Waals surface area contributed by atoms with E-state index in [1.807, 2.05) is 25.1 Å².